The lowest BCUT2D eigenvalue weighted by molar-refractivity contribution is -0.144. The minimum atomic E-state index is -1.07. The van der Waals surface area contributed by atoms with Gasteiger partial charge < -0.3 is 14.8 Å². The highest BCUT2D eigenvalue weighted by Gasteiger charge is 2.30. The Bertz CT molecular complexity index is 769. The molecule has 0 unspecified atom stereocenters. The molecule has 0 radical (unpaired) electrons. The van der Waals surface area contributed by atoms with E-state index in [0.717, 1.165) is 0 Å². The van der Waals surface area contributed by atoms with Crippen LogP contribution in [0.1, 0.15) is 26.3 Å². The quantitative estimate of drug-likeness (QED) is 0.456. The summed E-state index contributed by atoms with van der Waals surface area (Å²) < 4.78 is 9.90. The summed E-state index contributed by atoms with van der Waals surface area (Å²) in [6.45, 7) is 4.59. The van der Waals surface area contributed by atoms with Gasteiger partial charge in [0.25, 0.3) is 5.91 Å². The third-order valence-corrected chi connectivity index (χ3v) is 3.89. The molecule has 7 nitrogen and oxygen atoms in total. The average Bonchev–Trinajstić information content (AvgIpc) is 2.64. The fourth-order valence-corrected chi connectivity index (χ4v) is 1.84. The van der Waals surface area contributed by atoms with E-state index in [1.165, 1.54) is 13.2 Å². The zero-order chi connectivity index (χ0) is 19.7. The second kappa shape index (κ2) is 9.24. The van der Waals surface area contributed by atoms with Crippen molar-refractivity contribution in [2.24, 2.45) is 5.92 Å². The van der Waals surface area contributed by atoms with Crippen molar-refractivity contribution < 1.29 is 19.1 Å². The lowest BCUT2D eigenvalue weighted by atomic mass is 9.90. The van der Waals surface area contributed by atoms with Crippen LogP contribution in [0.25, 0.3) is 6.08 Å². The summed E-state index contributed by atoms with van der Waals surface area (Å²) in [5, 5.41) is 20.8. The zero-order valence-corrected chi connectivity index (χ0v) is 15.2. The van der Waals surface area contributed by atoms with Crippen LogP contribution in [0, 0.1) is 28.6 Å². The molecule has 0 aliphatic carbocycles. The number of carbonyl (C=O) groups excluding carboxylic acids is 2. The van der Waals surface area contributed by atoms with E-state index in [0.29, 0.717) is 11.3 Å². The number of hydrogen-bond donors (Lipinski definition) is 1. The number of amides is 1. The van der Waals surface area contributed by atoms with Crippen LogP contribution in [0.5, 0.6) is 5.75 Å². The van der Waals surface area contributed by atoms with E-state index in [4.69, 9.17) is 14.7 Å². The number of hydrogen-bond acceptors (Lipinski definition) is 6. The first kappa shape index (κ1) is 20.7. The molecule has 1 aromatic rings. The molecule has 0 aromatic heterocycles. The molecule has 0 saturated heterocycles. The van der Waals surface area contributed by atoms with E-state index in [1.807, 2.05) is 6.07 Å². The van der Waals surface area contributed by atoms with Crippen molar-refractivity contribution >= 4 is 18.0 Å². The van der Waals surface area contributed by atoms with Crippen molar-refractivity contribution in [2.45, 2.75) is 26.3 Å². The predicted molar refractivity (Wildman–Crippen MR) is 94.5 cm³/mol. The Morgan fingerprint density at radius 3 is 2.35 bits per heavy atom. The van der Waals surface area contributed by atoms with Crippen LogP contribution in [-0.4, -0.2) is 31.1 Å². The molecule has 1 amide bonds. The molecule has 0 aliphatic heterocycles. The fourth-order valence-electron chi connectivity index (χ4n) is 1.84. The summed E-state index contributed by atoms with van der Waals surface area (Å²) >= 11 is 0. The first-order valence-electron chi connectivity index (χ1n) is 7.91. The Morgan fingerprint density at radius 2 is 1.88 bits per heavy atom. The lowest BCUT2D eigenvalue weighted by Gasteiger charge is -2.27. The molecule has 0 spiro atoms. The molecule has 136 valence electrons. The molecule has 7 heteroatoms. The van der Waals surface area contributed by atoms with Crippen LogP contribution < -0.4 is 10.1 Å². The maximum absolute atomic E-state index is 12.0. The maximum Gasteiger partial charge on any atom is 0.349 e. The molecule has 0 heterocycles. The van der Waals surface area contributed by atoms with Gasteiger partial charge in [0.1, 0.15) is 22.9 Å². The summed E-state index contributed by atoms with van der Waals surface area (Å²) in [5.41, 5.74) is -0.698. The van der Waals surface area contributed by atoms with Crippen molar-refractivity contribution in [2.75, 3.05) is 13.7 Å². The highest BCUT2D eigenvalue weighted by molar-refractivity contribution is 5.98. The second-order valence-electron chi connectivity index (χ2n) is 6.04. The molecule has 1 rings (SSSR count). The molecule has 0 bridgehead atoms. The van der Waals surface area contributed by atoms with Crippen molar-refractivity contribution in [1.29, 1.82) is 10.5 Å². The van der Waals surface area contributed by atoms with Crippen LogP contribution in [0.2, 0.25) is 0 Å². The van der Waals surface area contributed by atoms with E-state index in [-0.39, 0.29) is 11.5 Å². The van der Waals surface area contributed by atoms with Crippen molar-refractivity contribution in [3.63, 3.8) is 0 Å². The fraction of sp³-hybridized carbons (Fsp3) is 0.368. The highest BCUT2D eigenvalue weighted by atomic mass is 16.5. The Morgan fingerprint density at radius 1 is 1.27 bits per heavy atom. The SMILES string of the molecule is COc1ccc(/C=C(\C#N)C(=O)OCC(=O)N[C@@](C)(C#N)C(C)C)cc1. The molecule has 1 atom stereocenters. The highest BCUT2D eigenvalue weighted by Crippen LogP contribution is 2.16. The van der Waals surface area contributed by atoms with Gasteiger partial charge in [-0.05, 0) is 36.6 Å². The number of methoxy groups -OCH3 is 1. The number of benzene rings is 1. The van der Waals surface area contributed by atoms with Crippen LogP contribution in [0.3, 0.4) is 0 Å². The smallest absolute Gasteiger partial charge is 0.349 e. The van der Waals surface area contributed by atoms with Crippen LogP contribution in [0.4, 0.5) is 0 Å². The third-order valence-electron chi connectivity index (χ3n) is 3.89. The summed E-state index contributed by atoms with van der Waals surface area (Å²) in [4.78, 5) is 23.9. The second-order valence-corrected chi connectivity index (χ2v) is 6.04. The van der Waals surface area contributed by atoms with Crippen LogP contribution in [-0.2, 0) is 14.3 Å². The molecule has 0 aliphatic rings. The minimum absolute atomic E-state index is 0.128. The standard InChI is InChI=1S/C19H21N3O4/c1-13(2)19(3,12-21)22-17(23)11-26-18(24)15(10-20)9-14-5-7-16(25-4)8-6-14/h5-9,13H,11H2,1-4H3,(H,22,23)/b15-9+/t19-/m0/s1. The van der Waals surface area contributed by atoms with Gasteiger partial charge in [0.05, 0.1) is 13.2 Å². The van der Waals surface area contributed by atoms with Gasteiger partial charge in [0.15, 0.2) is 6.61 Å². The van der Waals surface area contributed by atoms with Crippen molar-refractivity contribution in [3.05, 3.63) is 35.4 Å². The summed E-state index contributed by atoms with van der Waals surface area (Å²) in [6, 6.07) is 10.5. The van der Waals surface area contributed by atoms with Gasteiger partial charge in [-0.1, -0.05) is 26.0 Å². The number of carbonyl (C=O) groups is 2. The largest absolute Gasteiger partial charge is 0.497 e. The first-order chi connectivity index (χ1) is 12.3. The average molecular weight is 355 g/mol. The van der Waals surface area contributed by atoms with E-state index < -0.39 is 24.0 Å². The van der Waals surface area contributed by atoms with E-state index in [1.54, 1.807) is 51.1 Å². The van der Waals surface area contributed by atoms with Gasteiger partial charge in [-0.15, -0.1) is 0 Å². The van der Waals surface area contributed by atoms with E-state index >= 15 is 0 Å². The third kappa shape index (κ3) is 5.64. The summed E-state index contributed by atoms with van der Waals surface area (Å²) in [6.07, 6.45) is 1.35. The van der Waals surface area contributed by atoms with E-state index in [9.17, 15) is 14.9 Å². The molecule has 0 saturated carbocycles. The van der Waals surface area contributed by atoms with Crippen molar-refractivity contribution in [3.8, 4) is 17.9 Å². The van der Waals surface area contributed by atoms with Gasteiger partial charge in [0, 0.05) is 0 Å². The Hall–Kier alpha value is -3.32. The molecular weight excluding hydrogens is 334 g/mol. The molecule has 0 fully saturated rings. The lowest BCUT2D eigenvalue weighted by Crippen LogP contribution is -2.50. The normalized spacial score (nSPS) is 13.1. The topological polar surface area (TPSA) is 112 Å². The zero-order valence-electron chi connectivity index (χ0n) is 15.2. The van der Waals surface area contributed by atoms with E-state index in [2.05, 4.69) is 5.32 Å². The predicted octanol–water partition coefficient (Wildman–Crippen LogP) is 2.20. The number of rotatable bonds is 7. The van der Waals surface area contributed by atoms with Gasteiger partial charge in [-0.2, -0.15) is 10.5 Å². The molecular formula is C19H21N3O4. The van der Waals surface area contributed by atoms with Crippen molar-refractivity contribution in [1.82, 2.24) is 5.32 Å². The Balaban J connectivity index is 2.73. The molecule has 1 N–H and O–H groups in total. The Labute approximate surface area is 152 Å². The monoisotopic (exact) mass is 355 g/mol. The van der Waals surface area contributed by atoms with Crippen LogP contribution in [0.15, 0.2) is 29.8 Å². The number of nitriles is 2. The number of nitrogens with zero attached hydrogens (tertiary/aromatic N) is 2. The summed E-state index contributed by atoms with van der Waals surface area (Å²) in [5.74, 6) is -1.01. The molecule has 1 aromatic carbocycles. The van der Waals surface area contributed by atoms with Gasteiger partial charge in [-0.3, -0.25) is 4.79 Å². The van der Waals surface area contributed by atoms with Gasteiger partial charge >= 0.3 is 5.97 Å². The number of esters is 1. The van der Waals surface area contributed by atoms with Crippen LogP contribution >= 0.6 is 0 Å². The minimum Gasteiger partial charge on any atom is -0.497 e. The first-order valence-corrected chi connectivity index (χ1v) is 7.91. The number of ether oxygens (including phenoxy) is 2. The van der Waals surface area contributed by atoms with Gasteiger partial charge in [-0.25, -0.2) is 4.79 Å². The molecule has 26 heavy (non-hydrogen) atoms. The Kier molecular flexibility index (Phi) is 7.36. The number of nitrogens with one attached hydrogen (secondary N) is 1. The van der Waals surface area contributed by atoms with Gasteiger partial charge in [0.2, 0.25) is 0 Å². The maximum atomic E-state index is 12.0. The summed E-state index contributed by atoms with van der Waals surface area (Å²) in [7, 11) is 1.53.